The fraction of sp³-hybridized carbons (Fsp3) is 0.214. The maximum atomic E-state index is 5.84. The Labute approximate surface area is 106 Å². The lowest BCUT2D eigenvalue weighted by atomic mass is 10.2. The Bertz CT molecular complexity index is 678. The summed E-state index contributed by atoms with van der Waals surface area (Å²) in [5.74, 6) is 1.10. The van der Waals surface area contributed by atoms with Gasteiger partial charge in [0.1, 0.15) is 5.82 Å². The highest BCUT2D eigenvalue weighted by Gasteiger charge is 2.03. The Balaban J connectivity index is 1.87. The molecule has 0 aliphatic heterocycles. The van der Waals surface area contributed by atoms with E-state index in [1.807, 2.05) is 31.6 Å². The zero-order chi connectivity index (χ0) is 12.5. The summed E-state index contributed by atoms with van der Waals surface area (Å²) in [6, 6.07) is 8.13. The van der Waals surface area contributed by atoms with Gasteiger partial charge in [0.2, 0.25) is 0 Å². The van der Waals surface area contributed by atoms with Crippen LogP contribution in [0.1, 0.15) is 5.82 Å². The summed E-state index contributed by atoms with van der Waals surface area (Å²) in [4.78, 5) is 4.34. The highest BCUT2D eigenvalue weighted by atomic mass is 15.0. The smallest absolute Gasteiger partial charge is 0.110 e. The number of nitrogen functional groups attached to an aromatic ring is 1. The van der Waals surface area contributed by atoms with Crippen LogP contribution in [0.15, 0.2) is 42.9 Å². The summed E-state index contributed by atoms with van der Waals surface area (Å²) < 4.78 is 4.28. The number of nitrogens with zero attached hydrogens (tertiary/aromatic N) is 3. The molecular weight excluding hydrogens is 224 g/mol. The molecule has 18 heavy (non-hydrogen) atoms. The van der Waals surface area contributed by atoms with E-state index in [0.29, 0.717) is 0 Å². The van der Waals surface area contributed by atoms with E-state index >= 15 is 0 Å². The number of aryl methyl sites for hydroxylation is 3. The van der Waals surface area contributed by atoms with Crippen LogP contribution < -0.4 is 5.73 Å². The first-order chi connectivity index (χ1) is 8.74. The van der Waals surface area contributed by atoms with Crippen molar-refractivity contribution in [1.29, 1.82) is 0 Å². The molecule has 0 aliphatic carbocycles. The molecule has 2 heterocycles. The molecule has 0 saturated heterocycles. The van der Waals surface area contributed by atoms with Gasteiger partial charge in [-0.15, -0.1) is 0 Å². The highest BCUT2D eigenvalue weighted by molar-refractivity contribution is 5.83. The van der Waals surface area contributed by atoms with E-state index in [4.69, 9.17) is 5.73 Å². The standard InChI is InChI=1S/C14H16N4/c1-17-9-6-16-14(17)5-8-18-7-4-11-2-3-12(15)10-13(11)18/h2-4,6-7,9-10H,5,8,15H2,1H3. The molecule has 3 aromatic rings. The van der Waals surface area contributed by atoms with E-state index < -0.39 is 0 Å². The Hall–Kier alpha value is -2.23. The van der Waals surface area contributed by atoms with Crippen molar-refractivity contribution in [3.05, 3.63) is 48.7 Å². The lowest BCUT2D eigenvalue weighted by Gasteiger charge is -2.06. The van der Waals surface area contributed by atoms with Crippen molar-refractivity contribution >= 4 is 16.6 Å². The lowest BCUT2D eigenvalue weighted by Crippen LogP contribution is -2.04. The van der Waals surface area contributed by atoms with Crippen LogP contribution in [0.2, 0.25) is 0 Å². The summed E-state index contributed by atoms with van der Waals surface area (Å²) in [5, 5.41) is 1.23. The molecule has 4 nitrogen and oxygen atoms in total. The lowest BCUT2D eigenvalue weighted by molar-refractivity contribution is 0.668. The highest BCUT2D eigenvalue weighted by Crippen LogP contribution is 2.19. The maximum Gasteiger partial charge on any atom is 0.110 e. The van der Waals surface area contributed by atoms with E-state index in [-0.39, 0.29) is 0 Å². The van der Waals surface area contributed by atoms with Crippen LogP contribution in [0, 0.1) is 0 Å². The van der Waals surface area contributed by atoms with Gasteiger partial charge in [-0.05, 0) is 23.6 Å². The molecule has 1 aromatic carbocycles. The third-order valence-corrected chi connectivity index (χ3v) is 3.30. The average molecular weight is 240 g/mol. The molecule has 0 amide bonds. The van der Waals surface area contributed by atoms with E-state index in [2.05, 4.69) is 32.4 Å². The summed E-state index contributed by atoms with van der Waals surface area (Å²) in [7, 11) is 2.02. The molecule has 4 heteroatoms. The molecule has 0 spiro atoms. The van der Waals surface area contributed by atoms with Gasteiger partial charge in [0, 0.05) is 44.3 Å². The van der Waals surface area contributed by atoms with Gasteiger partial charge in [0.25, 0.3) is 0 Å². The predicted molar refractivity (Wildman–Crippen MR) is 73.3 cm³/mol. The SMILES string of the molecule is Cn1ccnc1CCn1ccc2ccc(N)cc21. The molecule has 0 saturated carbocycles. The Morgan fingerprint density at radius 1 is 1.22 bits per heavy atom. The number of hydrogen-bond donors (Lipinski definition) is 1. The van der Waals surface area contributed by atoms with Crippen LogP contribution in [-0.2, 0) is 20.0 Å². The van der Waals surface area contributed by atoms with E-state index in [1.165, 1.54) is 10.9 Å². The largest absolute Gasteiger partial charge is 0.399 e. The molecule has 3 rings (SSSR count). The molecule has 0 aliphatic rings. The maximum absolute atomic E-state index is 5.84. The number of aromatic nitrogens is 3. The Morgan fingerprint density at radius 3 is 2.89 bits per heavy atom. The number of fused-ring (bicyclic) bond motifs is 1. The third-order valence-electron chi connectivity index (χ3n) is 3.30. The summed E-state index contributed by atoms with van der Waals surface area (Å²) in [5.41, 5.74) is 7.83. The van der Waals surface area contributed by atoms with Gasteiger partial charge in [-0.2, -0.15) is 0 Å². The first-order valence-corrected chi connectivity index (χ1v) is 6.04. The normalized spacial score (nSPS) is 11.2. The van der Waals surface area contributed by atoms with Crippen LogP contribution >= 0.6 is 0 Å². The third kappa shape index (κ3) is 1.86. The molecular formula is C14H16N4. The minimum Gasteiger partial charge on any atom is -0.399 e. The second-order valence-electron chi connectivity index (χ2n) is 4.53. The molecule has 0 bridgehead atoms. The fourth-order valence-corrected chi connectivity index (χ4v) is 2.25. The van der Waals surface area contributed by atoms with Gasteiger partial charge >= 0.3 is 0 Å². The van der Waals surface area contributed by atoms with Gasteiger partial charge in [-0.25, -0.2) is 4.98 Å². The Morgan fingerprint density at radius 2 is 2.11 bits per heavy atom. The second kappa shape index (κ2) is 4.22. The van der Waals surface area contributed by atoms with Gasteiger partial charge in [-0.1, -0.05) is 6.07 Å². The zero-order valence-corrected chi connectivity index (χ0v) is 10.4. The topological polar surface area (TPSA) is 48.8 Å². The first kappa shape index (κ1) is 10.9. The molecule has 0 atom stereocenters. The van der Waals surface area contributed by atoms with Crippen molar-refractivity contribution in [3.8, 4) is 0 Å². The number of benzene rings is 1. The molecule has 0 unspecified atom stereocenters. The minimum atomic E-state index is 0.805. The van der Waals surface area contributed by atoms with Gasteiger partial charge in [0.05, 0.1) is 5.52 Å². The quantitative estimate of drug-likeness (QED) is 0.713. The predicted octanol–water partition coefficient (Wildman–Crippen LogP) is 2.20. The zero-order valence-electron chi connectivity index (χ0n) is 10.4. The van der Waals surface area contributed by atoms with Crippen LogP contribution in [0.5, 0.6) is 0 Å². The molecule has 0 fully saturated rings. The van der Waals surface area contributed by atoms with Crippen molar-refractivity contribution in [2.24, 2.45) is 7.05 Å². The van der Waals surface area contributed by atoms with Crippen molar-refractivity contribution in [2.45, 2.75) is 13.0 Å². The van der Waals surface area contributed by atoms with Crippen LogP contribution in [-0.4, -0.2) is 14.1 Å². The first-order valence-electron chi connectivity index (χ1n) is 6.04. The average Bonchev–Trinajstić information content (AvgIpc) is 2.93. The number of hydrogen-bond acceptors (Lipinski definition) is 2. The number of nitrogens with two attached hydrogens (primary N) is 1. The minimum absolute atomic E-state index is 0.805. The monoisotopic (exact) mass is 240 g/mol. The molecule has 2 N–H and O–H groups in total. The Kier molecular flexibility index (Phi) is 2.55. The van der Waals surface area contributed by atoms with Crippen molar-refractivity contribution < 1.29 is 0 Å². The summed E-state index contributed by atoms with van der Waals surface area (Å²) >= 11 is 0. The number of rotatable bonds is 3. The number of anilines is 1. The van der Waals surface area contributed by atoms with E-state index in [9.17, 15) is 0 Å². The second-order valence-corrected chi connectivity index (χ2v) is 4.53. The molecule has 92 valence electrons. The van der Waals surface area contributed by atoms with E-state index in [0.717, 1.165) is 24.5 Å². The molecule has 0 radical (unpaired) electrons. The van der Waals surface area contributed by atoms with Crippen molar-refractivity contribution in [2.75, 3.05) is 5.73 Å². The van der Waals surface area contributed by atoms with Crippen molar-refractivity contribution in [3.63, 3.8) is 0 Å². The van der Waals surface area contributed by atoms with Crippen LogP contribution in [0.4, 0.5) is 5.69 Å². The van der Waals surface area contributed by atoms with Crippen LogP contribution in [0.25, 0.3) is 10.9 Å². The van der Waals surface area contributed by atoms with E-state index in [1.54, 1.807) is 0 Å². The van der Waals surface area contributed by atoms with Crippen molar-refractivity contribution in [1.82, 2.24) is 14.1 Å². The summed E-state index contributed by atoms with van der Waals surface area (Å²) in [6.07, 6.45) is 6.83. The van der Waals surface area contributed by atoms with Crippen LogP contribution in [0.3, 0.4) is 0 Å². The number of imidazole rings is 1. The van der Waals surface area contributed by atoms with Gasteiger partial charge in [-0.3, -0.25) is 0 Å². The summed E-state index contributed by atoms with van der Waals surface area (Å²) in [6.45, 7) is 0.914. The molecule has 2 aromatic heterocycles. The van der Waals surface area contributed by atoms with Gasteiger partial charge in [0.15, 0.2) is 0 Å². The fourth-order valence-electron chi connectivity index (χ4n) is 2.25. The van der Waals surface area contributed by atoms with Gasteiger partial charge < -0.3 is 14.9 Å².